The number of nitrogens with two attached hydrogens (primary N) is 1. The van der Waals surface area contributed by atoms with E-state index in [0.29, 0.717) is 19.6 Å². The van der Waals surface area contributed by atoms with Crippen LogP contribution in [0.25, 0.3) is 0 Å². The van der Waals surface area contributed by atoms with Crippen molar-refractivity contribution in [3.8, 4) is 0 Å². The largest absolute Gasteiger partial charge is 0.376 e. The highest BCUT2D eigenvalue weighted by molar-refractivity contribution is 7.09. The van der Waals surface area contributed by atoms with Gasteiger partial charge in [0.05, 0.1) is 12.6 Å². The maximum absolute atomic E-state index is 12.6. The quantitative estimate of drug-likeness (QED) is 0.839. The van der Waals surface area contributed by atoms with E-state index in [-0.39, 0.29) is 17.9 Å². The van der Waals surface area contributed by atoms with Gasteiger partial charge in [-0.1, -0.05) is 13.0 Å². The van der Waals surface area contributed by atoms with E-state index in [0.717, 1.165) is 25.9 Å². The monoisotopic (exact) mass is 296 g/mol. The SMILES string of the molecule is CC(CCN)C(=O)N(Cc1cccs1)CC1CCCO1. The van der Waals surface area contributed by atoms with Crippen molar-refractivity contribution in [2.24, 2.45) is 11.7 Å². The number of thiophene rings is 1. The average molecular weight is 296 g/mol. The fraction of sp³-hybridized carbons (Fsp3) is 0.667. The Morgan fingerprint density at radius 3 is 3.10 bits per heavy atom. The Morgan fingerprint density at radius 1 is 1.65 bits per heavy atom. The third-order valence-corrected chi connectivity index (χ3v) is 4.57. The first kappa shape index (κ1) is 15.5. The zero-order chi connectivity index (χ0) is 14.4. The Bertz CT molecular complexity index is 402. The summed E-state index contributed by atoms with van der Waals surface area (Å²) in [6.07, 6.45) is 3.10. The standard InChI is InChI=1S/C15H24N2O2S/c1-12(6-7-16)15(18)17(10-13-4-2-8-19-13)11-14-5-3-9-20-14/h3,5,9,12-13H,2,4,6-8,10-11,16H2,1H3. The molecule has 1 aromatic rings. The molecule has 1 aliphatic heterocycles. The molecule has 1 fully saturated rings. The molecule has 0 spiro atoms. The number of rotatable bonds is 7. The van der Waals surface area contributed by atoms with Crippen LogP contribution in [-0.4, -0.2) is 36.6 Å². The first-order valence-corrected chi connectivity index (χ1v) is 8.21. The van der Waals surface area contributed by atoms with Gasteiger partial charge in [0.1, 0.15) is 0 Å². The van der Waals surface area contributed by atoms with Gasteiger partial charge in [-0.2, -0.15) is 0 Å². The van der Waals surface area contributed by atoms with E-state index < -0.39 is 0 Å². The van der Waals surface area contributed by atoms with Crippen LogP contribution in [0.1, 0.15) is 31.1 Å². The molecule has 1 aliphatic rings. The number of ether oxygens (including phenoxy) is 1. The average Bonchev–Trinajstić information content (AvgIpc) is 3.10. The van der Waals surface area contributed by atoms with Crippen LogP contribution in [0, 0.1) is 5.92 Å². The predicted molar refractivity (Wildman–Crippen MR) is 81.5 cm³/mol. The van der Waals surface area contributed by atoms with E-state index >= 15 is 0 Å². The summed E-state index contributed by atoms with van der Waals surface area (Å²) >= 11 is 1.69. The van der Waals surface area contributed by atoms with Crippen molar-refractivity contribution in [2.45, 2.75) is 38.8 Å². The van der Waals surface area contributed by atoms with Crippen molar-refractivity contribution in [3.05, 3.63) is 22.4 Å². The lowest BCUT2D eigenvalue weighted by Crippen LogP contribution is -2.40. The molecule has 5 heteroatoms. The molecule has 1 saturated heterocycles. The molecule has 2 N–H and O–H groups in total. The van der Waals surface area contributed by atoms with Gasteiger partial charge in [0.15, 0.2) is 0 Å². The number of carbonyl (C=O) groups excluding carboxylic acids is 1. The van der Waals surface area contributed by atoms with E-state index in [1.807, 2.05) is 23.3 Å². The van der Waals surface area contributed by atoms with Gasteiger partial charge in [0, 0.05) is 23.9 Å². The van der Waals surface area contributed by atoms with Gasteiger partial charge in [-0.3, -0.25) is 4.79 Å². The molecule has 0 aliphatic carbocycles. The molecule has 2 heterocycles. The molecular formula is C15H24N2O2S. The Labute approximate surface area is 124 Å². The molecule has 1 aromatic heterocycles. The minimum atomic E-state index is -0.0126. The summed E-state index contributed by atoms with van der Waals surface area (Å²) in [7, 11) is 0. The number of amides is 1. The highest BCUT2D eigenvalue weighted by Crippen LogP contribution is 2.19. The zero-order valence-electron chi connectivity index (χ0n) is 12.1. The number of nitrogens with zero attached hydrogens (tertiary/aromatic N) is 1. The third kappa shape index (κ3) is 4.30. The molecule has 1 amide bonds. The van der Waals surface area contributed by atoms with Gasteiger partial charge < -0.3 is 15.4 Å². The van der Waals surface area contributed by atoms with Crippen LogP contribution in [0.4, 0.5) is 0 Å². The summed E-state index contributed by atoms with van der Waals surface area (Å²) in [6, 6.07) is 4.10. The Kier molecular flexibility index (Phi) is 6.01. The summed E-state index contributed by atoms with van der Waals surface area (Å²) in [6.45, 7) is 4.73. The molecule has 0 aromatic carbocycles. The summed E-state index contributed by atoms with van der Waals surface area (Å²) in [5, 5.41) is 2.05. The summed E-state index contributed by atoms with van der Waals surface area (Å²) in [4.78, 5) is 15.7. The smallest absolute Gasteiger partial charge is 0.225 e. The van der Waals surface area contributed by atoms with Crippen molar-refractivity contribution in [2.75, 3.05) is 19.7 Å². The molecule has 4 nitrogen and oxygen atoms in total. The summed E-state index contributed by atoms with van der Waals surface area (Å²) in [5.74, 6) is 0.181. The molecule has 2 atom stereocenters. The van der Waals surface area contributed by atoms with Crippen molar-refractivity contribution in [1.82, 2.24) is 4.90 Å². The summed E-state index contributed by atoms with van der Waals surface area (Å²) < 4.78 is 5.68. The third-order valence-electron chi connectivity index (χ3n) is 3.71. The minimum Gasteiger partial charge on any atom is -0.376 e. The normalized spacial score (nSPS) is 20.0. The molecule has 112 valence electrons. The minimum absolute atomic E-state index is 0.0126. The number of hydrogen-bond donors (Lipinski definition) is 1. The highest BCUT2D eigenvalue weighted by Gasteiger charge is 2.25. The van der Waals surface area contributed by atoms with Gasteiger partial charge in [0.25, 0.3) is 0 Å². The zero-order valence-corrected chi connectivity index (χ0v) is 12.9. The lowest BCUT2D eigenvalue weighted by molar-refractivity contribution is -0.137. The topological polar surface area (TPSA) is 55.6 Å². The molecule has 0 radical (unpaired) electrons. The maximum Gasteiger partial charge on any atom is 0.225 e. The van der Waals surface area contributed by atoms with Gasteiger partial charge in [0.2, 0.25) is 5.91 Å². The second-order valence-corrected chi connectivity index (χ2v) is 6.44. The molecule has 0 saturated carbocycles. The van der Waals surface area contributed by atoms with E-state index in [9.17, 15) is 4.79 Å². The van der Waals surface area contributed by atoms with Crippen molar-refractivity contribution in [3.63, 3.8) is 0 Å². The maximum atomic E-state index is 12.6. The fourth-order valence-corrected chi connectivity index (χ4v) is 3.26. The van der Waals surface area contributed by atoms with E-state index in [1.54, 1.807) is 11.3 Å². The van der Waals surface area contributed by atoms with E-state index in [1.165, 1.54) is 4.88 Å². The van der Waals surface area contributed by atoms with Crippen LogP contribution in [-0.2, 0) is 16.1 Å². The van der Waals surface area contributed by atoms with Gasteiger partial charge in [-0.15, -0.1) is 11.3 Å². The van der Waals surface area contributed by atoms with Crippen LogP contribution >= 0.6 is 11.3 Å². The first-order valence-electron chi connectivity index (χ1n) is 7.33. The van der Waals surface area contributed by atoms with Crippen molar-refractivity contribution >= 4 is 17.2 Å². The lowest BCUT2D eigenvalue weighted by atomic mass is 10.1. The number of hydrogen-bond acceptors (Lipinski definition) is 4. The highest BCUT2D eigenvalue weighted by atomic mass is 32.1. The van der Waals surface area contributed by atoms with Gasteiger partial charge >= 0.3 is 0 Å². The fourth-order valence-electron chi connectivity index (χ4n) is 2.54. The molecule has 0 bridgehead atoms. The van der Waals surface area contributed by atoms with Crippen LogP contribution in [0.15, 0.2) is 17.5 Å². The second kappa shape index (κ2) is 7.76. The van der Waals surface area contributed by atoms with Crippen molar-refractivity contribution < 1.29 is 9.53 Å². The van der Waals surface area contributed by atoms with Crippen LogP contribution < -0.4 is 5.73 Å². The van der Waals surface area contributed by atoms with Crippen LogP contribution in [0.5, 0.6) is 0 Å². The summed E-state index contributed by atoms with van der Waals surface area (Å²) in [5.41, 5.74) is 5.57. The molecule has 2 unspecified atom stereocenters. The predicted octanol–water partition coefficient (Wildman–Crippen LogP) is 2.24. The van der Waals surface area contributed by atoms with Crippen LogP contribution in [0.3, 0.4) is 0 Å². The first-order chi connectivity index (χ1) is 9.70. The van der Waals surface area contributed by atoms with Crippen LogP contribution in [0.2, 0.25) is 0 Å². The Balaban J connectivity index is 1.99. The lowest BCUT2D eigenvalue weighted by Gasteiger charge is -2.27. The van der Waals surface area contributed by atoms with Gasteiger partial charge in [-0.05, 0) is 37.3 Å². The van der Waals surface area contributed by atoms with Gasteiger partial charge in [-0.25, -0.2) is 0 Å². The number of carbonyl (C=O) groups is 1. The second-order valence-electron chi connectivity index (χ2n) is 5.41. The Morgan fingerprint density at radius 2 is 2.50 bits per heavy atom. The van der Waals surface area contributed by atoms with E-state index in [4.69, 9.17) is 10.5 Å². The molecular weight excluding hydrogens is 272 g/mol. The Hall–Kier alpha value is -0.910. The molecule has 2 rings (SSSR count). The van der Waals surface area contributed by atoms with Crippen molar-refractivity contribution in [1.29, 1.82) is 0 Å². The molecule has 20 heavy (non-hydrogen) atoms. The van der Waals surface area contributed by atoms with E-state index in [2.05, 4.69) is 6.07 Å².